The third-order valence-corrected chi connectivity index (χ3v) is 5.73. The summed E-state index contributed by atoms with van der Waals surface area (Å²) < 4.78 is 0. The van der Waals surface area contributed by atoms with E-state index < -0.39 is 0 Å². The Morgan fingerprint density at radius 3 is 2.66 bits per heavy atom. The van der Waals surface area contributed by atoms with E-state index in [1.165, 1.54) is 18.3 Å². The molecule has 1 fully saturated rings. The Kier molecular flexibility index (Phi) is 7.19. The van der Waals surface area contributed by atoms with E-state index in [0.29, 0.717) is 28.8 Å². The van der Waals surface area contributed by atoms with Crippen molar-refractivity contribution < 1.29 is 4.79 Å². The topological polar surface area (TPSA) is 73.4 Å². The Hall–Kier alpha value is -3.16. The van der Waals surface area contributed by atoms with Crippen LogP contribution in [0.2, 0.25) is 5.02 Å². The molecule has 2 N–H and O–H groups in total. The van der Waals surface area contributed by atoms with E-state index in [2.05, 4.69) is 61.7 Å². The number of hydrogen-bond acceptors (Lipinski definition) is 6. The number of aromatic nitrogens is 2. The monoisotopic (exact) mass is 450 g/mol. The zero-order valence-electron chi connectivity index (χ0n) is 18.1. The molecule has 0 aliphatic carbocycles. The average Bonchev–Trinajstić information content (AvgIpc) is 3.04. The van der Waals surface area contributed by atoms with Gasteiger partial charge >= 0.3 is 0 Å². The number of carbonyl (C=O) groups excluding carboxylic acids is 1. The van der Waals surface area contributed by atoms with Crippen LogP contribution < -0.4 is 15.5 Å². The number of carbonyl (C=O) groups is 1. The standard InChI is InChI=1S/C24H27ClN6O/c1-30-12-3-13-31(15-14-30)20-8-5-18(6-9-20)16-28-23-21(4-2-11-26-23)24(32)29-22-10-7-19(25)17-27-22/h2,4-11,17H,3,12-16H2,1H3,(H,26,28)(H,27,29,32). The maximum Gasteiger partial charge on any atom is 0.260 e. The van der Waals surface area contributed by atoms with Gasteiger partial charge in [0, 0.05) is 44.3 Å². The molecule has 2 aromatic heterocycles. The number of anilines is 3. The molecule has 3 heterocycles. The molecule has 7 nitrogen and oxygen atoms in total. The summed E-state index contributed by atoms with van der Waals surface area (Å²) in [6, 6.07) is 15.4. The molecule has 1 aromatic carbocycles. The minimum Gasteiger partial charge on any atom is -0.370 e. The SMILES string of the molecule is CN1CCCN(c2ccc(CNc3ncccc3C(=O)Nc3ccc(Cl)cn3)cc2)CC1. The lowest BCUT2D eigenvalue weighted by molar-refractivity contribution is 0.102. The van der Waals surface area contributed by atoms with E-state index in [9.17, 15) is 4.79 Å². The molecular weight excluding hydrogens is 424 g/mol. The summed E-state index contributed by atoms with van der Waals surface area (Å²) in [6.45, 7) is 4.92. The minimum atomic E-state index is -0.281. The number of hydrogen-bond donors (Lipinski definition) is 2. The Morgan fingerprint density at radius 1 is 1.03 bits per heavy atom. The number of rotatable bonds is 6. The first-order valence-electron chi connectivity index (χ1n) is 10.7. The number of amides is 1. The van der Waals surface area contributed by atoms with E-state index in [0.717, 1.165) is 31.7 Å². The van der Waals surface area contributed by atoms with E-state index in [4.69, 9.17) is 11.6 Å². The Labute approximate surface area is 193 Å². The van der Waals surface area contributed by atoms with Crippen LogP contribution in [0.4, 0.5) is 17.3 Å². The summed E-state index contributed by atoms with van der Waals surface area (Å²) in [4.78, 5) is 26.0. The zero-order chi connectivity index (χ0) is 22.3. The molecule has 0 unspecified atom stereocenters. The number of nitrogens with zero attached hydrogens (tertiary/aromatic N) is 4. The second-order valence-corrected chi connectivity index (χ2v) is 8.32. The van der Waals surface area contributed by atoms with Gasteiger partial charge in [-0.05, 0) is 62.0 Å². The summed E-state index contributed by atoms with van der Waals surface area (Å²) in [5.41, 5.74) is 2.82. The molecular formula is C24H27ClN6O. The first-order chi connectivity index (χ1) is 15.6. The number of nitrogens with one attached hydrogen (secondary N) is 2. The van der Waals surface area contributed by atoms with Crippen LogP contribution in [0.5, 0.6) is 0 Å². The van der Waals surface area contributed by atoms with Gasteiger partial charge in [0.05, 0.1) is 10.6 Å². The molecule has 1 saturated heterocycles. The van der Waals surface area contributed by atoms with Crippen LogP contribution in [-0.4, -0.2) is 54.0 Å². The first-order valence-corrected chi connectivity index (χ1v) is 11.1. The van der Waals surface area contributed by atoms with Crippen LogP contribution in [0.3, 0.4) is 0 Å². The lowest BCUT2D eigenvalue weighted by Crippen LogP contribution is -2.28. The summed E-state index contributed by atoms with van der Waals surface area (Å²) in [7, 11) is 2.18. The van der Waals surface area contributed by atoms with E-state index in [1.807, 2.05) is 0 Å². The van der Waals surface area contributed by atoms with Crippen LogP contribution in [0.25, 0.3) is 0 Å². The van der Waals surface area contributed by atoms with Gasteiger partial charge in [-0.3, -0.25) is 4.79 Å². The summed E-state index contributed by atoms with van der Waals surface area (Å²) >= 11 is 5.86. The van der Waals surface area contributed by atoms with Crippen molar-refractivity contribution in [2.75, 3.05) is 48.8 Å². The average molecular weight is 451 g/mol. The fraction of sp³-hybridized carbons (Fsp3) is 0.292. The molecule has 1 amide bonds. The summed E-state index contributed by atoms with van der Waals surface area (Å²) in [6.07, 6.45) is 4.34. The molecule has 0 bridgehead atoms. The van der Waals surface area contributed by atoms with Crippen molar-refractivity contribution in [2.24, 2.45) is 0 Å². The van der Waals surface area contributed by atoms with Gasteiger partial charge in [0.1, 0.15) is 11.6 Å². The van der Waals surface area contributed by atoms with Gasteiger partial charge in [-0.25, -0.2) is 9.97 Å². The van der Waals surface area contributed by atoms with Gasteiger partial charge in [-0.15, -0.1) is 0 Å². The molecule has 0 atom stereocenters. The van der Waals surface area contributed by atoms with Crippen LogP contribution in [0, 0.1) is 0 Å². The molecule has 0 saturated carbocycles. The number of likely N-dealkylation sites (N-methyl/N-ethyl adjacent to an activating group) is 1. The summed E-state index contributed by atoms with van der Waals surface area (Å²) in [5.74, 6) is 0.681. The molecule has 8 heteroatoms. The van der Waals surface area contributed by atoms with Crippen LogP contribution >= 0.6 is 11.6 Å². The normalized spacial score (nSPS) is 14.6. The van der Waals surface area contributed by atoms with Gasteiger partial charge in [0.15, 0.2) is 0 Å². The molecule has 1 aliphatic rings. The molecule has 3 aromatic rings. The van der Waals surface area contributed by atoms with Crippen LogP contribution in [0.1, 0.15) is 22.3 Å². The number of pyridine rings is 2. The van der Waals surface area contributed by atoms with Crippen LogP contribution in [-0.2, 0) is 6.54 Å². The van der Waals surface area contributed by atoms with E-state index in [1.54, 1.807) is 30.5 Å². The predicted molar refractivity (Wildman–Crippen MR) is 130 cm³/mol. The smallest absolute Gasteiger partial charge is 0.260 e. The largest absolute Gasteiger partial charge is 0.370 e. The van der Waals surface area contributed by atoms with Crippen molar-refractivity contribution in [1.82, 2.24) is 14.9 Å². The molecule has 166 valence electrons. The number of benzene rings is 1. The Morgan fingerprint density at radius 2 is 1.88 bits per heavy atom. The third kappa shape index (κ3) is 5.75. The lowest BCUT2D eigenvalue weighted by atomic mass is 10.1. The van der Waals surface area contributed by atoms with Gasteiger partial charge in [0.2, 0.25) is 0 Å². The summed E-state index contributed by atoms with van der Waals surface area (Å²) in [5, 5.41) is 6.58. The highest BCUT2D eigenvalue weighted by atomic mass is 35.5. The van der Waals surface area contributed by atoms with Crippen molar-refractivity contribution in [2.45, 2.75) is 13.0 Å². The van der Waals surface area contributed by atoms with Crippen molar-refractivity contribution >= 4 is 34.8 Å². The maximum atomic E-state index is 12.7. The van der Waals surface area contributed by atoms with Gasteiger partial charge < -0.3 is 20.4 Å². The predicted octanol–water partition coefficient (Wildman–Crippen LogP) is 4.14. The highest BCUT2D eigenvalue weighted by Crippen LogP contribution is 2.19. The van der Waals surface area contributed by atoms with E-state index >= 15 is 0 Å². The first kappa shape index (κ1) is 22.0. The molecule has 32 heavy (non-hydrogen) atoms. The highest BCUT2D eigenvalue weighted by molar-refractivity contribution is 6.30. The zero-order valence-corrected chi connectivity index (χ0v) is 18.8. The van der Waals surface area contributed by atoms with Crippen molar-refractivity contribution in [3.05, 3.63) is 77.1 Å². The Balaban J connectivity index is 1.38. The van der Waals surface area contributed by atoms with Gasteiger partial charge in [-0.1, -0.05) is 23.7 Å². The molecule has 0 radical (unpaired) electrons. The lowest BCUT2D eigenvalue weighted by Gasteiger charge is -2.23. The Bertz CT molecular complexity index is 1040. The second kappa shape index (κ2) is 10.4. The highest BCUT2D eigenvalue weighted by Gasteiger charge is 2.14. The van der Waals surface area contributed by atoms with Gasteiger partial charge in [-0.2, -0.15) is 0 Å². The minimum absolute atomic E-state index is 0.281. The van der Waals surface area contributed by atoms with Crippen molar-refractivity contribution in [1.29, 1.82) is 0 Å². The maximum absolute atomic E-state index is 12.7. The van der Waals surface area contributed by atoms with E-state index in [-0.39, 0.29) is 5.91 Å². The third-order valence-electron chi connectivity index (χ3n) is 5.50. The molecule has 1 aliphatic heterocycles. The van der Waals surface area contributed by atoms with Gasteiger partial charge in [0.25, 0.3) is 5.91 Å². The quantitative estimate of drug-likeness (QED) is 0.588. The van der Waals surface area contributed by atoms with Crippen LogP contribution in [0.15, 0.2) is 60.9 Å². The number of halogens is 1. The molecule has 0 spiro atoms. The fourth-order valence-electron chi connectivity index (χ4n) is 3.68. The van der Waals surface area contributed by atoms with Crippen molar-refractivity contribution in [3.63, 3.8) is 0 Å². The molecule has 4 rings (SSSR count). The second-order valence-electron chi connectivity index (χ2n) is 7.88. The van der Waals surface area contributed by atoms with Crippen molar-refractivity contribution in [3.8, 4) is 0 Å². The fourth-order valence-corrected chi connectivity index (χ4v) is 3.79.